The van der Waals surface area contributed by atoms with Gasteiger partial charge in [-0.3, -0.25) is 14.9 Å². The lowest BCUT2D eigenvalue weighted by atomic mass is 10.1. The molecule has 3 aromatic rings. The van der Waals surface area contributed by atoms with Crippen LogP contribution in [0.5, 0.6) is 11.5 Å². The van der Waals surface area contributed by atoms with Crippen LogP contribution in [0.3, 0.4) is 0 Å². The zero-order chi connectivity index (χ0) is 22.2. The second-order valence-electron chi connectivity index (χ2n) is 6.76. The lowest BCUT2D eigenvalue weighted by molar-refractivity contribution is -0.384. The summed E-state index contributed by atoms with van der Waals surface area (Å²) < 4.78 is 11.2. The molecule has 0 saturated carbocycles. The van der Waals surface area contributed by atoms with E-state index in [1.807, 2.05) is 36.4 Å². The van der Waals surface area contributed by atoms with Crippen molar-refractivity contribution in [3.8, 4) is 11.5 Å². The van der Waals surface area contributed by atoms with Crippen LogP contribution >= 0.6 is 0 Å². The summed E-state index contributed by atoms with van der Waals surface area (Å²) in [5.41, 5.74) is 2.83. The molecule has 0 fully saturated rings. The van der Waals surface area contributed by atoms with Crippen LogP contribution in [0.4, 0.5) is 11.4 Å². The number of rotatable bonds is 8. The zero-order valence-corrected chi connectivity index (χ0v) is 17.2. The van der Waals surface area contributed by atoms with E-state index >= 15 is 0 Å². The molecule has 1 amide bonds. The van der Waals surface area contributed by atoms with Gasteiger partial charge in [0.15, 0.2) is 11.5 Å². The average molecular weight is 418 g/mol. The van der Waals surface area contributed by atoms with Gasteiger partial charge in [-0.15, -0.1) is 0 Å². The molecular weight excluding hydrogens is 396 g/mol. The van der Waals surface area contributed by atoms with Gasteiger partial charge >= 0.3 is 0 Å². The number of hydrogen-bond acceptors (Lipinski definition) is 5. The standard InChI is InChI=1S/C24H22N2O5/c1-17-8-11-20(26(28)29)15-21(17)25-24(27)13-10-18-9-12-22(23(14-18)30-2)31-16-19-6-4-3-5-7-19/h3-15H,16H2,1-2H3,(H,25,27)/b13-10+. The number of benzene rings is 3. The third-order valence-electron chi connectivity index (χ3n) is 4.54. The summed E-state index contributed by atoms with van der Waals surface area (Å²) in [4.78, 5) is 22.7. The van der Waals surface area contributed by atoms with Crippen molar-refractivity contribution < 1.29 is 19.2 Å². The molecule has 0 aliphatic carbocycles. The number of ether oxygens (including phenoxy) is 2. The summed E-state index contributed by atoms with van der Waals surface area (Å²) >= 11 is 0. The van der Waals surface area contributed by atoms with E-state index in [0.717, 1.165) is 16.7 Å². The number of aryl methyl sites for hydroxylation is 1. The van der Waals surface area contributed by atoms with Gasteiger partial charge in [0.2, 0.25) is 5.91 Å². The predicted octanol–water partition coefficient (Wildman–Crippen LogP) is 5.14. The summed E-state index contributed by atoms with van der Waals surface area (Å²) in [5.74, 6) is 0.750. The Kier molecular flexibility index (Phi) is 7.01. The lowest BCUT2D eigenvalue weighted by Gasteiger charge is -2.11. The Balaban J connectivity index is 1.67. The van der Waals surface area contributed by atoms with E-state index in [0.29, 0.717) is 23.8 Å². The van der Waals surface area contributed by atoms with E-state index in [4.69, 9.17) is 9.47 Å². The highest BCUT2D eigenvalue weighted by molar-refractivity contribution is 6.02. The Morgan fingerprint density at radius 3 is 2.55 bits per heavy atom. The van der Waals surface area contributed by atoms with Crippen LogP contribution in [-0.4, -0.2) is 17.9 Å². The second-order valence-corrected chi connectivity index (χ2v) is 6.76. The SMILES string of the molecule is COc1cc(/C=C/C(=O)Nc2cc([N+](=O)[O-])ccc2C)ccc1OCc1ccccc1. The fourth-order valence-electron chi connectivity index (χ4n) is 2.85. The molecule has 0 aliphatic heterocycles. The maximum Gasteiger partial charge on any atom is 0.271 e. The van der Waals surface area contributed by atoms with Crippen LogP contribution in [-0.2, 0) is 11.4 Å². The van der Waals surface area contributed by atoms with Crippen molar-refractivity contribution in [2.45, 2.75) is 13.5 Å². The number of methoxy groups -OCH3 is 1. The second kappa shape index (κ2) is 10.1. The molecule has 0 heterocycles. The minimum absolute atomic E-state index is 0.0827. The van der Waals surface area contributed by atoms with Crippen LogP contribution in [0.1, 0.15) is 16.7 Å². The highest BCUT2D eigenvalue weighted by Gasteiger charge is 2.10. The molecule has 3 rings (SSSR count). The van der Waals surface area contributed by atoms with Crippen molar-refractivity contribution in [1.29, 1.82) is 0 Å². The van der Waals surface area contributed by atoms with E-state index in [1.54, 1.807) is 38.3 Å². The molecule has 0 aromatic heterocycles. The van der Waals surface area contributed by atoms with Gasteiger partial charge in [-0.2, -0.15) is 0 Å². The van der Waals surface area contributed by atoms with E-state index in [2.05, 4.69) is 5.32 Å². The third kappa shape index (κ3) is 5.93. The van der Waals surface area contributed by atoms with Gasteiger partial charge in [0, 0.05) is 18.2 Å². The van der Waals surface area contributed by atoms with Crippen molar-refractivity contribution in [3.05, 3.63) is 99.6 Å². The molecule has 0 bridgehead atoms. The molecule has 1 N–H and O–H groups in total. The normalized spacial score (nSPS) is 10.6. The van der Waals surface area contributed by atoms with Crippen LogP contribution in [0.25, 0.3) is 6.08 Å². The first-order chi connectivity index (χ1) is 15.0. The number of nitro groups is 1. The van der Waals surface area contributed by atoms with Crippen LogP contribution in [0, 0.1) is 17.0 Å². The van der Waals surface area contributed by atoms with Crippen LogP contribution in [0.2, 0.25) is 0 Å². The highest BCUT2D eigenvalue weighted by Crippen LogP contribution is 2.29. The number of amides is 1. The van der Waals surface area contributed by atoms with E-state index in [-0.39, 0.29) is 5.69 Å². The molecule has 0 radical (unpaired) electrons. The lowest BCUT2D eigenvalue weighted by Crippen LogP contribution is -2.09. The number of nitro benzene ring substituents is 1. The van der Waals surface area contributed by atoms with Crippen molar-refractivity contribution in [1.82, 2.24) is 0 Å². The minimum atomic E-state index is -0.501. The Bertz CT molecular complexity index is 1110. The molecule has 3 aromatic carbocycles. The van der Waals surface area contributed by atoms with Gasteiger partial charge in [0.05, 0.1) is 17.7 Å². The summed E-state index contributed by atoms with van der Waals surface area (Å²) in [7, 11) is 1.55. The first-order valence-electron chi connectivity index (χ1n) is 9.55. The van der Waals surface area contributed by atoms with E-state index in [9.17, 15) is 14.9 Å². The van der Waals surface area contributed by atoms with Gasteiger partial charge in [0.25, 0.3) is 5.69 Å². The maximum atomic E-state index is 12.3. The first kappa shape index (κ1) is 21.6. The van der Waals surface area contributed by atoms with Crippen molar-refractivity contribution >= 4 is 23.4 Å². The molecule has 31 heavy (non-hydrogen) atoms. The van der Waals surface area contributed by atoms with Crippen LogP contribution in [0.15, 0.2) is 72.8 Å². The largest absolute Gasteiger partial charge is 0.493 e. The minimum Gasteiger partial charge on any atom is -0.493 e. The zero-order valence-electron chi connectivity index (χ0n) is 17.2. The molecule has 0 unspecified atom stereocenters. The monoisotopic (exact) mass is 418 g/mol. The number of carbonyl (C=O) groups excluding carboxylic acids is 1. The summed E-state index contributed by atoms with van der Waals surface area (Å²) in [5, 5.41) is 13.6. The Hall–Kier alpha value is -4.13. The fourth-order valence-corrected chi connectivity index (χ4v) is 2.85. The average Bonchev–Trinajstić information content (AvgIpc) is 2.78. The summed E-state index contributed by atoms with van der Waals surface area (Å²) in [6.45, 7) is 2.18. The number of hydrogen-bond donors (Lipinski definition) is 1. The maximum absolute atomic E-state index is 12.3. The summed E-state index contributed by atoms with van der Waals surface area (Å²) in [6, 6.07) is 19.5. The predicted molar refractivity (Wildman–Crippen MR) is 119 cm³/mol. The van der Waals surface area contributed by atoms with Gasteiger partial charge in [0.1, 0.15) is 6.61 Å². The van der Waals surface area contributed by atoms with E-state index < -0.39 is 10.8 Å². The summed E-state index contributed by atoms with van der Waals surface area (Å²) in [6.07, 6.45) is 2.99. The van der Waals surface area contributed by atoms with Gasteiger partial charge in [-0.1, -0.05) is 42.5 Å². The number of nitrogens with one attached hydrogen (secondary N) is 1. The van der Waals surface area contributed by atoms with Gasteiger partial charge in [-0.05, 0) is 41.8 Å². The van der Waals surface area contributed by atoms with Gasteiger partial charge in [-0.25, -0.2) is 0 Å². The fraction of sp³-hybridized carbons (Fsp3) is 0.125. The van der Waals surface area contributed by atoms with E-state index in [1.165, 1.54) is 18.2 Å². The first-order valence-corrected chi connectivity index (χ1v) is 9.55. The van der Waals surface area contributed by atoms with Crippen molar-refractivity contribution in [2.75, 3.05) is 12.4 Å². The van der Waals surface area contributed by atoms with Crippen LogP contribution < -0.4 is 14.8 Å². The molecule has 0 saturated heterocycles. The molecule has 7 nitrogen and oxygen atoms in total. The topological polar surface area (TPSA) is 90.7 Å². The molecule has 158 valence electrons. The number of nitrogens with zero attached hydrogens (tertiary/aromatic N) is 1. The Morgan fingerprint density at radius 1 is 1.06 bits per heavy atom. The number of non-ortho nitro benzene ring substituents is 1. The Morgan fingerprint density at radius 2 is 1.84 bits per heavy atom. The molecular formula is C24H22N2O5. The number of carbonyl (C=O) groups is 1. The highest BCUT2D eigenvalue weighted by atomic mass is 16.6. The van der Waals surface area contributed by atoms with Crippen molar-refractivity contribution in [3.63, 3.8) is 0 Å². The number of anilines is 1. The molecule has 0 spiro atoms. The molecule has 0 aliphatic rings. The smallest absolute Gasteiger partial charge is 0.271 e. The molecule has 7 heteroatoms. The quantitative estimate of drug-likeness (QED) is 0.311. The Labute approximate surface area is 180 Å². The molecule has 0 atom stereocenters. The van der Waals surface area contributed by atoms with Gasteiger partial charge < -0.3 is 14.8 Å². The van der Waals surface area contributed by atoms with Crippen molar-refractivity contribution in [2.24, 2.45) is 0 Å². The third-order valence-corrected chi connectivity index (χ3v) is 4.54.